The number of ketones is 6. The molecule has 1 fully saturated rings. The first-order valence-electron chi connectivity index (χ1n) is 48.4. The summed E-state index contributed by atoms with van der Waals surface area (Å²) in [5.74, 6) is 1.56. The minimum atomic E-state index is -4.19. The Labute approximate surface area is 806 Å². The fraction of sp³-hybridized carbons (Fsp3) is 0.915. The van der Waals surface area contributed by atoms with Gasteiger partial charge in [-0.05, 0) is 157 Å². The largest absolute Gasteiger partial charge is 0.474 e. The zero-order valence-corrected chi connectivity index (χ0v) is 91.1. The summed E-state index contributed by atoms with van der Waals surface area (Å²) >= 11 is 0. The summed E-state index contributed by atoms with van der Waals surface area (Å²) in [4.78, 5) is 130. The maximum absolute atomic E-state index is 12.0. The Morgan fingerprint density at radius 1 is 0.336 bits per heavy atom. The lowest BCUT2D eigenvalue weighted by atomic mass is 9.86. The van der Waals surface area contributed by atoms with Gasteiger partial charge in [0.2, 0.25) is 11.8 Å². The molecule has 6 unspecified atom stereocenters. The van der Waals surface area contributed by atoms with Gasteiger partial charge in [0.25, 0.3) is 0 Å². The molecule has 2 amide bonds. The Bertz CT molecular complexity index is 3200. The smallest absolute Gasteiger partial charge is 0.396 e. The van der Waals surface area contributed by atoms with Crippen LogP contribution in [0.2, 0.25) is 0 Å². The third-order valence-corrected chi connectivity index (χ3v) is 24.0. The minimum Gasteiger partial charge on any atom is -0.396 e. The van der Waals surface area contributed by atoms with E-state index in [1.165, 1.54) is 12.8 Å². The van der Waals surface area contributed by atoms with Crippen LogP contribution >= 0.6 is 31.3 Å². The number of aliphatic hydroxyl groups is 2. The zero-order valence-electron chi connectivity index (χ0n) is 87.5. The van der Waals surface area contributed by atoms with Gasteiger partial charge in [0.05, 0.1) is 97.1 Å². The van der Waals surface area contributed by atoms with E-state index in [1.54, 1.807) is 69.2 Å². The van der Waals surface area contributed by atoms with Crippen LogP contribution in [0.3, 0.4) is 0 Å². The summed E-state index contributed by atoms with van der Waals surface area (Å²) in [6, 6.07) is 0. The van der Waals surface area contributed by atoms with Gasteiger partial charge in [-0.15, -0.1) is 0 Å². The molecule has 0 aliphatic heterocycles. The minimum absolute atomic E-state index is 0.00958. The van der Waals surface area contributed by atoms with Crippen LogP contribution in [0.4, 0.5) is 0 Å². The molecule has 1 aliphatic rings. The van der Waals surface area contributed by atoms with E-state index in [-0.39, 0.29) is 147 Å². The van der Waals surface area contributed by atoms with Gasteiger partial charge in [0.15, 0.2) is 32.0 Å². The molecule has 134 heavy (non-hydrogen) atoms. The van der Waals surface area contributed by atoms with E-state index in [4.69, 9.17) is 47.5 Å². The molecule has 0 aromatic rings. The van der Waals surface area contributed by atoms with Crippen molar-refractivity contribution in [1.29, 1.82) is 0 Å². The summed E-state index contributed by atoms with van der Waals surface area (Å²) in [6.45, 7) is 55.7. The molecule has 1 saturated carbocycles. The summed E-state index contributed by atoms with van der Waals surface area (Å²) in [6.07, 6.45) is 16.0. The number of rotatable bonds is 74. The Morgan fingerprint density at radius 2 is 0.642 bits per heavy atom. The molecule has 1 rings (SSSR count). The molecule has 0 heterocycles. The van der Waals surface area contributed by atoms with E-state index in [2.05, 4.69) is 105 Å². The molecule has 8 N–H and O–H groups in total. The SMILES string of the molecule is CC(C)CCCOC(C)(OCCCC(=O)CCCC(=O)C(C)C)C(C)(C)C.CC(C)CCCOC1(OCCCC(=O)CCCC(=O)C(C)C)CCCCC1.CC(C)CCNC(=O)CCC(=O)C(C)C.CC(C)COCC(CO)COCOP(=O)(O)OC(C)C.CC(C)OP(=O)(O)OCCNC(=O)CCC(=O)C(C)C.CC(C)OP(=O)(O)OCOCC(CO)COCOP(=O)(O)OC(C)C. The van der Waals surface area contributed by atoms with Crippen LogP contribution in [0.25, 0.3) is 0 Å². The van der Waals surface area contributed by atoms with Crippen molar-refractivity contribution < 1.29 is 160 Å². The Hall–Kier alpha value is -3.00. The molecule has 0 aromatic carbocycles. The average Bonchev–Trinajstić information content (AvgIpc) is 0.822. The van der Waals surface area contributed by atoms with E-state index in [1.807, 2.05) is 62.3 Å². The molecular weight excluding hydrogens is 1820 g/mol. The number of hydrogen-bond donors (Lipinski definition) is 8. The predicted octanol–water partition coefficient (Wildman–Crippen LogP) is 19.0. The number of ether oxygens (including phenoxy) is 8. The zero-order chi connectivity index (χ0) is 104. The second kappa shape index (κ2) is 80.4. The quantitative estimate of drug-likeness (QED) is 0.0159. The Kier molecular flexibility index (Phi) is 83.7. The molecule has 0 saturated heterocycles. The summed E-state index contributed by atoms with van der Waals surface area (Å²) in [5, 5.41) is 23.6. The molecule has 40 heteroatoms. The number of aliphatic hydroxyl groups excluding tert-OH is 2. The standard InChI is InChI=1S/C23H42O4.C23H44O4.C12H24NO6P.C12H23NO2.C12H28O11P2.C12H27O7P/c1-19(2)11-9-17-26-23(15-6-5-7-16-23)27-18-10-13-21(24)12-8-14-22(25)20(3)4;1-18(2)12-10-16-26-23(8,22(5,6)7)27-17-11-14-20(24)13-9-15-21(25)19(3)4;1-9(2)11(14)5-6-12(15)13-7-8-18-20(16,17)19-10(3)4;1-9(2)7-8-13-12(15)6-5-11(14)10(3)4;1-10(2)22-24(14,15)20-8-18-6-12(5-13)7-19-9-21-25(16,17)23-11(3)4;1-10(2)6-16-7-12(5-13)8-17-9-18-20(14,15)19-11(3)4/h19-20H,5-18H2,1-4H3;18-19H,9-17H2,1-8H3;9-10H,5-8H2,1-4H3,(H,13,15)(H,16,17);9-10H,5-8H2,1-4H3,(H,13,15);10-13H,5-9H2,1-4H3,(H,14,15)(H,16,17);10-13H,5-9H2,1-4H3,(H,14,15). The van der Waals surface area contributed by atoms with Crippen LogP contribution in [0, 0.1) is 64.6 Å². The van der Waals surface area contributed by atoms with Crippen molar-refractivity contribution in [2.24, 2.45) is 64.6 Å². The van der Waals surface area contributed by atoms with Crippen molar-refractivity contribution >= 4 is 77.8 Å². The number of nitrogens with one attached hydrogen (secondary N) is 2. The highest BCUT2D eigenvalue weighted by Gasteiger charge is 2.40. The Balaban J connectivity index is -0.000000502. The monoisotopic (exact) mass is 2010 g/mol. The normalized spacial score (nSPS) is 15.6. The first kappa shape index (κ1) is 139. The number of carbonyl (C=O) groups excluding carboxylic acids is 8. The lowest BCUT2D eigenvalue weighted by molar-refractivity contribution is -0.278. The summed E-state index contributed by atoms with van der Waals surface area (Å²) in [7, 11) is -16.5. The third kappa shape index (κ3) is 89.1. The number of phosphoric acid groups is 4. The van der Waals surface area contributed by atoms with Crippen LogP contribution in [-0.2, 0) is 131 Å². The predicted molar refractivity (Wildman–Crippen MR) is 518 cm³/mol. The van der Waals surface area contributed by atoms with Crippen LogP contribution < -0.4 is 10.6 Å². The molecule has 798 valence electrons. The number of amides is 2. The molecular formula is C94H188N2O34P4. The van der Waals surface area contributed by atoms with Gasteiger partial charge in [0.1, 0.15) is 34.7 Å². The Morgan fingerprint density at radius 3 is 0.970 bits per heavy atom. The van der Waals surface area contributed by atoms with Crippen molar-refractivity contribution in [2.75, 3.05) is 113 Å². The highest BCUT2D eigenvalue weighted by Crippen LogP contribution is 2.47. The van der Waals surface area contributed by atoms with E-state index < -0.39 is 86.8 Å². The fourth-order valence-corrected chi connectivity index (χ4v) is 14.5. The van der Waals surface area contributed by atoms with E-state index in [0.29, 0.717) is 134 Å². The number of hydrogen-bond acceptors (Lipinski definition) is 30. The van der Waals surface area contributed by atoms with E-state index in [9.17, 15) is 81.3 Å². The van der Waals surface area contributed by atoms with Gasteiger partial charge in [-0.25, -0.2) is 18.3 Å². The van der Waals surface area contributed by atoms with Gasteiger partial charge < -0.3 is 78.3 Å². The first-order chi connectivity index (χ1) is 62.0. The van der Waals surface area contributed by atoms with Gasteiger partial charge in [-0.3, -0.25) is 74.5 Å². The van der Waals surface area contributed by atoms with Crippen LogP contribution in [0.1, 0.15) is 348 Å². The van der Waals surface area contributed by atoms with Crippen molar-refractivity contribution in [3.8, 4) is 0 Å². The van der Waals surface area contributed by atoms with Gasteiger partial charge in [-0.2, -0.15) is 0 Å². The summed E-state index contributed by atoms with van der Waals surface area (Å²) in [5.41, 5.74) is -0.147. The van der Waals surface area contributed by atoms with Crippen molar-refractivity contribution in [3.05, 3.63) is 0 Å². The van der Waals surface area contributed by atoms with Crippen molar-refractivity contribution in [2.45, 2.75) is 384 Å². The molecule has 0 bridgehead atoms. The van der Waals surface area contributed by atoms with Crippen LogP contribution in [-0.4, -0.2) is 225 Å². The second-order valence-corrected chi connectivity index (χ2v) is 44.3. The average molecular weight is 2010 g/mol. The lowest BCUT2D eigenvalue weighted by Crippen LogP contribution is -2.45. The number of phosphoric ester groups is 4. The van der Waals surface area contributed by atoms with Crippen molar-refractivity contribution in [1.82, 2.24) is 10.6 Å². The number of Topliss-reactive ketones (excluding diaryl/α,β-unsaturated/α-hetero) is 6. The van der Waals surface area contributed by atoms with Crippen LogP contribution in [0.15, 0.2) is 0 Å². The topological polar surface area (TPSA) is 498 Å². The lowest BCUT2D eigenvalue weighted by Gasteiger charge is -2.41. The first-order valence-corrected chi connectivity index (χ1v) is 54.4. The van der Waals surface area contributed by atoms with Gasteiger partial charge in [0, 0.05) is 138 Å². The van der Waals surface area contributed by atoms with E-state index >= 15 is 0 Å². The molecule has 0 radical (unpaired) electrons. The maximum Gasteiger partial charge on any atom is 0.474 e. The third-order valence-electron chi connectivity index (χ3n) is 19.4. The molecule has 0 aromatic heterocycles. The molecule has 36 nitrogen and oxygen atoms in total. The fourth-order valence-electron chi connectivity index (χ4n) is 11.2. The molecule has 0 spiro atoms. The van der Waals surface area contributed by atoms with E-state index in [0.717, 1.165) is 64.4 Å². The highest BCUT2D eigenvalue weighted by atomic mass is 31.2. The summed E-state index contributed by atoms with van der Waals surface area (Å²) < 4.78 is 128. The molecule has 1 aliphatic carbocycles. The van der Waals surface area contributed by atoms with Crippen molar-refractivity contribution in [3.63, 3.8) is 0 Å². The van der Waals surface area contributed by atoms with Gasteiger partial charge >= 0.3 is 31.3 Å². The second-order valence-electron chi connectivity index (χ2n) is 38.7. The van der Waals surface area contributed by atoms with Crippen LogP contribution in [0.5, 0.6) is 0 Å². The highest BCUT2D eigenvalue weighted by molar-refractivity contribution is 7.48. The van der Waals surface area contributed by atoms with Gasteiger partial charge in [-0.1, -0.05) is 138 Å². The molecule has 6 atom stereocenters. The maximum atomic E-state index is 12.0. The number of carbonyl (C=O) groups is 8.